The summed E-state index contributed by atoms with van der Waals surface area (Å²) < 4.78 is 12.5. The molecule has 1 saturated carbocycles. The highest BCUT2D eigenvalue weighted by atomic mass is 16.7. The van der Waals surface area contributed by atoms with Crippen LogP contribution in [0.15, 0.2) is 30.3 Å². The number of hydrogen-bond donors (Lipinski definition) is 2. The van der Waals surface area contributed by atoms with Gasteiger partial charge in [0.15, 0.2) is 23.0 Å². The average molecular weight is 408 g/mol. The van der Waals surface area contributed by atoms with Crippen LogP contribution in [-0.4, -0.2) is 38.6 Å². The summed E-state index contributed by atoms with van der Waals surface area (Å²) in [6.45, 7) is 0.857. The second-order valence-corrected chi connectivity index (χ2v) is 7.69. The molecule has 1 aromatic carbocycles. The molecule has 9 nitrogen and oxygen atoms in total. The van der Waals surface area contributed by atoms with E-state index in [2.05, 4.69) is 25.9 Å². The quantitative estimate of drug-likeness (QED) is 0.619. The first kappa shape index (κ1) is 18.7. The Morgan fingerprint density at radius 3 is 2.87 bits per heavy atom. The summed E-state index contributed by atoms with van der Waals surface area (Å²) in [6.07, 6.45) is 5.45. The molecule has 3 aromatic rings. The molecule has 1 aliphatic heterocycles. The lowest BCUT2D eigenvalue weighted by atomic mass is 10.2. The second kappa shape index (κ2) is 8.17. The maximum atomic E-state index is 12.2. The van der Waals surface area contributed by atoms with E-state index in [-0.39, 0.29) is 12.7 Å². The first-order valence-electron chi connectivity index (χ1n) is 10.4. The first-order valence-corrected chi connectivity index (χ1v) is 10.4. The monoisotopic (exact) mass is 408 g/mol. The average Bonchev–Trinajstić information content (AvgIpc) is 3.51. The Morgan fingerprint density at radius 2 is 1.97 bits per heavy atom. The molecule has 2 aromatic heterocycles. The second-order valence-electron chi connectivity index (χ2n) is 7.69. The maximum absolute atomic E-state index is 12.2. The summed E-state index contributed by atoms with van der Waals surface area (Å²) in [5.41, 5.74) is 1.73. The highest BCUT2D eigenvalue weighted by molar-refractivity contribution is 5.76. The number of aromatic nitrogens is 4. The molecule has 2 N–H and O–H groups in total. The molecule has 0 bridgehead atoms. The Labute approximate surface area is 173 Å². The van der Waals surface area contributed by atoms with Crippen LogP contribution in [0, 0.1) is 0 Å². The molecule has 0 unspecified atom stereocenters. The zero-order chi connectivity index (χ0) is 20.3. The number of carbonyl (C=O) groups is 1. The van der Waals surface area contributed by atoms with Gasteiger partial charge in [0, 0.05) is 25.4 Å². The van der Waals surface area contributed by atoms with E-state index in [1.807, 2.05) is 30.3 Å². The number of amides is 1. The summed E-state index contributed by atoms with van der Waals surface area (Å²) in [6, 6.07) is 9.92. The van der Waals surface area contributed by atoms with E-state index >= 15 is 0 Å². The van der Waals surface area contributed by atoms with Gasteiger partial charge in [0.05, 0.1) is 0 Å². The molecule has 1 amide bonds. The zero-order valence-electron chi connectivity index (χ0n) is 16.6. The van der Waals surface area contributed by atoms with Crippen molar-refractivity contribution in [3.05, 3.63) is 41.7 Å². The van der Waals surface area contributed by atoms with Crippen LogP contribution in [0.25, 0.3) is 5.65 Å². The Morgan fingerprint density at radius 1 is 1.10 bits per heavy atom. The molecule has 0 saturated heterocycles. The van der Waals surface area contributed by atoms with Crippen LogP contribution in [0.2, 0.25) is 0 Å². The number of nitrogens with one attached hydrogen (secondary N) is 2. The van der Waals surface area contributed by atoms with E-state index in [1.54, 1.807) is 4.52 Å². The maximum Gasteiger partial charge on any atom is 0.231 e. The van der Waals surface area contributed by atoms with Gasteiger partial charge in [0.25, 0.3) is 0 Å². The van der Waals surface area contributed by atoms with Crippen molar-refractivity contribution in [1.29, 1.82) is 0 Å². The largest absolute Gasteiger partial charge is 0.454 e. The number of anilines is 1. The zero-order valence-corrected chi connectivity index (χ0v) is 16.6. The third kappa shape index (κ3) is 4.00. The van der Waals surface area contributed by atoms with Crippen molar-refractivity contribution in [1.82, 2.24) is 25.1 Å². The van der Waals surface area contributed by atoms with E-state index in [4.69, 9.17) is 9.47 Å². The fraction of sp³-hybridized carbons (Fsp3) is 0.429. The highest BCUT2D eigenvalue weighted by Crippen LogP contribution is 2.32. The smallest absolute Gasteiger partial charge is 0.231 e. The number of hydrogen-bond acceptors (Lipinski definition) is 7. The Balaban J connectivity index is 1.22. The van der Waals surface area contributed by atoms with Crippen LogP contribution >= 0.6 is 0 Å². The molecule has 0 radical (unpaired) electrons. The van der Waals surface area contributed by atoms with Crippen LogP contribution in [0.5, 0.6) is 11.5 Å². The van der Waals surface area contributed by atoms with Crippen molar-refractivity contribution in [2.75, 3.05) is 12.1 Å². The topological polar surface area (TPSA) is 103 Å². The van der Waals surface area contributed by atoms with Crippen molar-refractivity contribution >= 4 is 17.4 Å². The molecule has 0 atom stereocenters. The lowest BCUT2D eigenvalue weighted by Gasteiger charge is -2.11. The predicted molar refractivity (Wildman–Crippen MR) is 109 cm³/mol. The lowest BCUT2D eigenvalue weighted by Crippen LogP contribution is -2.32. The van der Waals surface area contributed by atoms with Gasteiger partial charge >= 0.3 is 0 Å². The fourth-order valence-electron chi connectivity index (χ4n) is 3.92. The third-order valence-corrected chi connectivity index (χ3v) is 5.53. The summed E-state index contributed by atoms with van der Waals surface area (Å²) >= 11 is 0. The number of nitrogens with zero attached hydrogens (tertiary/aromatic N) is 4. The SMILES string of the molecule is O=C(CCc1nnc2ccc(NCc3ccc4c(c3)OCO4)nn12)NC1CCCC1. The van der Waals surface area contributed by atoms with Crippen molar-refractivity contribution in [2.45, 2.75) is 51.1 Å². The molecule has 5 rings (SSSR count). The van der Waals surface area contributed by atoms with Crippen LogP contribution in [0.3, 0.4) is 0 Å². The third-order valence-electron chi connectivity index (χ3n) is 5.53. The number of aryl methyl sites for hydroxylation is 1. The van der Waals surface area contributed by atoms with Gasteiger partial charge < -0.3 is 20.1 Å². The van der Waals surface area contributed by atoms with E-state index in [9.17, 15) is 4.79 Å². The minimum absolute atomic E-state index is 0.0655. The minimum atomic E-state index is 0.0655. The summed E-state index contributed by atoms with van der Waals surface area (Å²) in [4.78, 5) is 12.2. The fourth-order valence-corrected chi connectivity index (χ4v) is 3.92. The highest BCUT2D eigenvalue weighted by Gasteiger charge is 2.18. The van der Waals surface area contributed by atoms with Crippen molar-refractivity contribution < 1.29 is 14.3 Å². The number of benzene rings is 1. The molecule has 0 spiro atoms. The van der Waals surface area contributed by atoms with Crippen molar-refractivity contribution in [2.24, 2.45) is 0 Å². The van der Waals surface area contributed by atoms with Crippen LogP contribution in [0.1, 0.15) is 43.5 Å². The molecular formula is C21H24N6O3. The summed E-state index contributed by atoms with van der Waals surface area (Å²) in [7, 11) is 0. The molecule has 9 heteroatoms. The van der Waals surface area contributed by atoms with Gasteiger partial charge in [-0.3, -0.25) is 4.79 Å². The molecular weight excluding hydrogens is 384 g/mol. The molecule has 3 heterocycles. The first-order chi connectivity index (χ1) is 14.7. The number of carbonyl (C=O) groups excluding carboxylic acids is 1. The minimum Gasteiger partial charge on any atom is -0.454 e. The van der Waals surface area contributed by atoms with Gasteiger partial charge in [-0.05, 0) is 42.7 Å². The number of fused-ring (bicyclic) bond motifs is 2. The van der Waals surface area contributed by atoms with Gasteiger partial charge in [-0.25, -0.2) is 0 Å². The van der Waals surface area contributed by atoms with Gasteiger partial charge in [-0.15, -0.1) is 15.3 Å². The van der Waals surface area contributed by atoms with E-state index in [0.29, 0.717) is 42.7 Å². The van der Waals surface area contributed by atoms with Gasteiger partial charge in [-0.1, -0.05) is 18.9 Å². The Kier molecular flexibility index (Phi) is 5.08. The van der Waals surface area contributed by atoms with E-state index in [1.165, 1.54) is 12.8 Å². The molecule has 30 heavy (non-hydrogen) atoms. The Hall–Kier alpha value is -3.36. The lowest BCUT2D eigenvalue weighted by molar-refractivity contribution is -0.121. The van der Waals surface area contributed by atoms with Gasteiger partial charge in [0.1, 0.15) is 5.82 Å². The summed E-state index contributed by atoms with van der Waals surface area (Å²) in [5.74, 6) is 2.98. The molecule has 2 aliphatic rings. The van der Waals surface area contributed by atoms with Crippen LogP contribution in [0.4, 0.5) is 5.82 Å². The van der Waals surface area contributed by atoms with Crippen LogP contribution in [-0.2, 0) is 17.8 Å². The number of rotatable bonds is 7. The predicted octanol–water partition coefficient (Wildman–Crippen LogP) is 2.46. The number of ether oxygens (including phenoxy) is 2. The normalized spacial score (nSPS) is 15.6. The van der Waals surface area contributed by atoms with Crippen molar-refractivity contribution in [3.63, 3.8) is 0 Å². The van der Waals surface area contributed by atoms with E-state index < -0.39 is 0 Å². The summed E-state index contributed by atoms with van der Waals surface area (Å²) in [5, 5.41) is 19.4. The van der Waals surface area contributed by atoms with Crippen LogP contribution < -0.4 is 20.1 Å². The standard InChI is InChI=1S/C21H24N6O3/c28-21(23-15-3-1-2-4-15)10-9-20-25-24-19-8-7-18(26-27(19)20)22-12-14-5-6-16-17(11-14)30-13-29-16/h5-8,11,15H,1-4,9-10,12-13H2,(H,22,26)(H,23,28). The molecule has 1 aliphatic carbocycles. The van der Waals surface area contributed by atoms with Gasteiger partial charge in [0.2, 0.25) is 12.7 Å². The molecule has 156 valence electrons. The Bertz CT molecular complexity index is 1060. The van der Waals surface area contributed by atoms with Gasteiger partial charge in [-0.2, -0.15) is 4.52 Å². The molecule has 1 fully saturated rings. The van der Waals surface area contributed by atoms with Crippen molar-refractivity contribution in [3.8, 4) is 11.5 Å². The van der Waals surface area contributed by atoms with E-state index in [0.717, 1.165) is 29.9 Å².